The SMILES string of the molecule is C=CC1=CCC(c2ccnc(NCCF)c2)=N1. The molecule has 0 radical (unpaired) electrons. The van der Waals surface area contributed by atoms with E-state index >= 15 is 0 Å². The lowest BCUT2D eigenvalue weighted by Gasteiger charge is -2.05. The molecular formula is C13H14FN3. The number of anilines is 1. The van der Waals surface area contributed by atoms with Crippen molar-refractivity contribution in [3.63, 3.8) is 0 Å². The van der Waals surface area contributed by atoms with Crippen LogP contribution in [0.5, 0.6) is 0 Å². The van der Waals surface area contributed by atoms with Crippen LogP contribution < -0.4 is 5.32 Å². The first-order valence-corrected chi connectivity index (χ1v) is 5.50. The third-order valence-electron chi connectivity index (χ3n) is 2.47. The van der Waals surface area contributed by atoms with Gasteiger partial charge in [0, 0.05) is 24.7 Å². The first-order valence-electron chi connectivity index (χ1n) is 5.50. The fourth-order valence-electron chi connectivity index (χ4n) is 1.64. The van der Waals surface area contributed by atoms with E-state index in [-0.39, 0.29) is 6.54 Å². The van der Waals surface area contributed by atoms with Crippen molar-refractivity contribution in [2.75, 3.05) is 18.5 Å². The van der Waals surface area contributed by atoms with E-state index in [0.29, 0.717) is 5.82 Å². The van der Waals surface area contributed by atoms with Crippen LogP contribution in [-0.4, -0.2) is 23.9 Å². The second-order valence-corrected chi connectivity index (χ2v) is 3.64. The van der Waals surface area contributed by atoms with Gasteiger partial charge in [0.1, 0.15) is 12.5 Å². The summed E-state index contributed by atoms with van der Waals surface area (Å²) in [6.07, 6.45) is 6.26. The Labute approximate surface area is 99.8 Å². The van der Waals surface area contributed by atoms with Crippen LogP contribution in [0, 0.1) is 0 Å². The summed E-state index contributed by atoms with van der Waals surface area (Å²) < 4.78 is 12.0. The lowest BCUT2D eigenvalue weighted by molar-refractivity contribution is 0.512. The average molecular weight is 231 g/mol. The van der Waals surface area contributed by atoms with E-state index in [0.717, 1.165) is 23.4 Å². The van der Waals surface area contributed by atoms with E-state index in [4.69, 9.17) is 0 Å². The Kier molecular flexibility index (Phi) is 3.65. The Morgan fingerprint density at radius 3 is 3.12 bits per heavy atom. The number of halogens is 1. The lowest BCUT2D eigenvalue weighted by Crippen LogP contribution is -2.06. The number of rotatable bonds is 5. The molecule has 2 heterocycles. The van der Waals surface area contributed by atoms with Crippen LogP contribution in [0.3, 0.4) is 0 Å². The van der Waals surface area contributed by atoms with Gasteiger partial charge >= 0.3 is 0 Å². The molecule has 0 saturated carbocycles. The number of nitrogens with one attached hydrogen (secondary N) is 1. The lowest BCUT2D eigenvalue weighted by atomic mass is 10.1. The Morgan fingerprint density at radius 1 is 1.53 bits per heavy atom. The first kappa shape index (κ1) is 11.5. The Morgan fingerprint density at radius 2 is 2.41 bits per heavy atom. The maximum absolute atomic E-state index is 12.0. The quantitative estimate of drug-likeness (QED) is 0.846. The minimum Gasteiger partial charge on any atom is -0.367 e. The predicted molar refractivity (Wildman–Crippen MR) is 68.1 cm³/mol. The molecule has 17 heavy (non-hydrogen) atoms. The van der Waals surface area contributed by atoms with Gasteiger partial charge in [-0.25, -0.2) is 9.37 Å². The number of hydrogen-bond donors (Lipinski definition) is 1. The topological polar surface area (TPSA) is 37.3 Å². The van der Waals surface area contributed by atoms with E-state index in [1.165, 1.54) is 0 Å². The van der Waals surface area contributed by atoms with E-state index < -0.39 is 6.67 Å². The summed E-state index contributed by atoms with van der Waals surface area (Å²) in [5, 5.41) is 2.91. The molecule has 0 fully saturated rings. The normalized spacial score (nSPS) is 14.2. The molecule has 0 bridgehead atoms. The summed E-state index contributed by atoms with van der Waals surface area (Å²) in [5.74, 6) is 0.676. The van der Waals surface area contributed by atoms with Gasteiger partial charge in [-0.05, 0) is 18.2 Å². The molecule has 0 spiro atoms. The molecule has 0 amide bonds. The molecule has 4 heteroatoms. The maximum Gasteiger partial charge on any atom is 0.126 e. The monoisotopic (exact) mass is 231 g/mol. The van der Waals surface area contributed by atoms with Crippen molar-refractivity contribution in [2.24, 2.45) is 4.99 Å². The highest BCUT2D eigenvalue weighted by molar-refractivity contribution is 6.04. The summed E-state index contributed by atoms with van der Waals surface area (Å²) >= 11 is 0. The van der Waals surface area contributed by atoms with E-state index in [1.807, 2.05) is 18.2 Å². The fraction of sp³-hybridized carbons (Fsp3) is 0.231. The minimum atomic E-state index is -0.408. The van der Waals surface area contributed by atoms with Gasteiger partial charge in [0.2, 0.25) is 0 Å². The molecule has 0 saturated heterocycles. The van der Waals surface area contributed by atoms with Crippen LogP contribution in [0.1, 0.15) is 12.0 Å². The zero-order valence-corrected chi connectivity index (χ0v) is 9.49. The highest BCUT2D eigenvalue weighted by Crippen LogP contribution is 2.18. The number of aromatic nitrogens is 1. The molecule has 1 aromatic rings. The molecule has 1 aromatic heterocycles. The van der Waals surface area contributed by atoms with Gasteiger partial charge in [0.05, 0.1) is 11.4 Å². The van der Waals surface area contributed by atoms with Crippen molar-refractivity contribution in [1.29, 1.82) is 0 Å². The van der Waals surface area contributed by atoms with Gasteiger partial charge in [-0.15, -0.1) is 0 Å². The maximum atomic E-state index is 12.0. The van der Waals surface area contributed by atoms with E-state index in [2.05, 4.69) is 21.9 Å². The largest absolute Gasteiger partial charge is 0.367 e. The summed E-state index contributed by atoms with van der Waals surface area (Å²) in [4.78, 5) is 8.55. The van der Waals surface area contributed by atoms with E-state index in [1.54, 1.807) is 12.3 Å². The van der Waals surface area contributed by atoms with Crippen LogP contribution in [0.2, 0.25) is 0 Å². The Bertz CT molecular complexity index is 477. The zero-order chi connectivity index (χ0) is 12.1. The molecule has 0 aromatic carbocycles. The molecule has 0 aliphatic carbocycles. The standard InChI is InChI=1S/C13H14FN3/c1-2-11-3-4-12(17-11)10-5-7-15-13(9-10)16-8-6-14/h2-3,5,7,9H,1,4,6,8H2,(H,15,16). The van der Waals surface area contributed by atoms with Crippen molar-refractivity contribution in [2.45, 2.75) is 6.42 Å². The molecule has 1 aliphatic rings. The summed E-state index contributed by atoms with van der Waals surface area (Å²) in [6.45, 7) is 3.56. The molecule has 0 atom stereocenters. The number of allylic oxidation sites excluding steroid dienone is 2. The second-order valence-electron chi connectivity index (χ2n) is 3.64. The Hall–Kier alpha value is -1.97. The number of aliphatic imine (C=N–C) groups is 1. The summed E-state index contributed by atoms with van der Waals surface area (Å²) in [7, 11) is 0. The van der Waals surface area contributed by atoms with E-state index in [9.17, 15) is 4.39 Å². The zero-order valence-electron chi connectivity index (χ0n) is 9.49. The smallest absolute Gasteiger partial charge is 0.126 e. The fourth-order valence-corrected chi connectivity index (χ4v) is 1.64. The highest BCUT2D eigenvalue weighted by Gasteiger charge is 2.09. The van der Waals surface area contributed by atoms with Crippen molar-refractivity contribution < 1.29 is 4.39 Å². The molecule has 1 aliphatic heterocycles. The number of alkyl halides is 1. The number of nitrogens with zero attached hydrogens (tertiary/aromatic N) is 2. The van der Waals surface area contributed by atoms with Crippen molar-refractivity contribution in [3.05, 3.63) is 48.3 Å². The van der Waals surface area contributed by atoms with Gasteiger partial charge in [-0.2, -0.15) is 0 Å². The molecule has 3 nitrogen and oxygen atoms in total. The van der Waals surface area contributed by atoms with Gasteiger partial charge in [-0.1, -0.05) is 12.7 Å². The van der Waals surface area contributed by atoms with Crippen LogP contribution in [-0.2, 0) is 0 Å². The van der Waals surface area contributed by atoms with Crippen LogP contribution in [0.25, 0.3) is 0 Å². The van der Waals surface area contributed by atoms with Crippen LogP contribution in [0.15, 0.2) is 47.7 Å². The van der Waals surface area contributed by atoms with Crippen molar-refractivity contribution in [1.82, 2.24) is 4.98 Å². The summed E-state index contributed by atoms with van der Waals surface area (Å²) in [5.41, 5.74) is 2.90. The molecule has 88 valence electrons. The van der Waals surface area contributed by atoms with Gasteiger partial charge in [0.15, 0.2) is 0 Å². The van der Waals surface area contributed by atoms with Crippen LogP contribution in [0.4, 0.5) is 10.2 Å². The van der Waals surface area contributed by atoms with Crippen molar-refractivity contribution >= 4 is 11.5 Å². The Balaban J connectivity index is 2.14. The molecular weight excluding hydrogens is 217 g/mol. The van der Waals surface area contributed by atoms with Crippen molar-refractivity contribution in [3.8, 4) is 0 Å². The summed E-state index contributed by atoms with van der Waals surface area (Å²) in [6, 6.07) is 3.79. The third-order valence-corrected chi connectivity index (χ3v) is 2.47. The number of hydrogen-bond acceptors (Lipinski definition) is 3. The second kappa shape index (κ2) is 5.39. The van der Waals surface area contributed by atoms with Gasteiger partial charge in [0.25, 0.3) is 0 Å². The number of pyridine rings is 1. The minimum absolute atomic E-state index is 0.277. The molecule has 0 unspecified atom stereocenters. The van der Waals surface area contributed by atoms with Crippen LogP contribution >= 0.6 is 0 Å². The van der Waals surface area contributed by atoms with Gasteiger partial charge in [-0.3, -0.25) is 4.99 Å². The first-order chi connectivity index (χ1) is 8.33. The third kappa shape index (κ3) is 2.78. The predicted octanol–water partition coefficient (Wildman–Crippen LogP) is 2.73. The molecule has 1 N–H and O–H groups in total. The molecule has 2 rings (SSSR count). The average Bonchev–Trinajstić information content (AvgIpc) is 2.85. The van der Waals surface area contributed by atoms with Gasteiger partial charge < -0.3 is 5.32 Å². The highest BCUT2D eigenvalue weighted by atomic mass is 19.1.